The summed E-state index contributed by atoms with van der Waals surface area (Å²) in [5, 5.41) is 2.56. The van der Waals surface area contributed by atoms with Crippen LogP contribution >= 0.6 is 0 Å². The van der Waals surface area contributed by atoms with Gasteiger partial charge in [0.05, 0.1) is 5.56 Å². The van der Waals surface area contributed by atoms with Crippen LogP contribution in [0, 0.1) is 25.6 Å². The number of carbonyl (C=O) groups excluding carboxylic acids is 1. The predicted molar refractivity (Wildman–Crippen MR) is 68.0 cm³/mol. The maximum atomic E-state index is 13.4. The van der Waals surface area contributed by atoms with Crippen molar-refractivity contribution in [1.82, 2.24) is 4.98 Å². The van der Waals surface area contributed by atoms with Crippen molar-refractivity contribution in [2.45, 2.75) is 13.8 Å². The highest BCUT2D eigenvalue weighted by atomic mass is 19.2. The molecule has 0 radical (unpaired) electrons. The minimum atomic E-state index is -1.28. The number of aryl methyl sites for hydroxylation is 1. The van der Waals surface area contributed by atoms with Gasteiger partial charge < -0.3 is 5.32 Å². The maximum Gasteiger partial charge on any atom is 0.258 e. The second kappa shape index (κ2) is 5.14. The molecule has 0 aliphatic carbocycles. The van der Waals surface area contributed by atoms with Gasteiger partial charge in [0.2, 0.25) is 5.95 Å². The van der Waals surface area contributed by atoms with Crippen molar-refractivity contribution in [3.8, 4) is 0 Å². The fraction of sp³-hybridized carbons (Fsp3) is 0.143. The summed E-state index contributed by atoms with van der Waals surface area (Å²) in [6, 6.07) is 6.52. The lowest BCUT2D eigenvalue weighted by atomic mass is 10.1. The summed E-state index contributed by atoms with van der Waals surface area (Å²) in [5.74, 6) is -3.23. The third-order valence-electron chi connectivity index (χ3n) is 2.94. The van der Waals surface area contributed by atoms with Crippen LogP contribution in [0.1, 0.15) is 21.5 Å². The van der Waals surface area contributed by atoms with Gasteiger partial charge in [0, 0.05) is 11.9 Å². The van der Waals surface area contributed by atoms with Crippen molar-refractivity contribution in [2.75, 3.05) is 5.32 Å². The van der Waals surface area contributed by atoms with Gasteiger partial charge in [-0.1, -0.05) is 12.1 Å². The number of nitrogens with one attached hydrogen (secondary N) is 1. The molecule has 1 amide bonds. The highest BCUT2D eigenvalue weighted by Crippen LogP contribution is 2.19. The summed E-state index contributed by atoms with van der Waals surface area (Å²) < 4.78 is 26.4. The molecule has 1 N–H and O–H groups in total. The number of hydrogen-bond donors (Lipinski definition) is 1. The Kier molecular flexibility index (Phi) is 3.55. The Bertz CT molecular complexity index is 641. The Balaban J connectivity index is 2.31. The van der Waals surface area contributed by atoms with Gasteiger partial charge in [-0.25, -0.2) is 9.37 Å². The average Bonchev–Trinajstić information content (AvgIpc) is 2.38. The molecule has 0 atom stereocenters. The van der Waals surface area contributed by atoms with E-state index in [9.17, 15) is 13.6 Å². The van der Waals surface area contributed by atoms with E-state index in [1.165, 1.54) is 0 Å². The van der Waals surface area contributed by atoms with Crippen LogP contribution in [0.4, 0.5) is 14.5 Å². The third kappa shape index (κ3) is 2.59. The first-order valence-corrected chi connectivity index (χ1v) is 5.68. The predicted octanol–water partition coefficient (Wildman–Crippen LogP) is 3.23. The van der Waals surface area contributed by atoms with E-state index in [1.54, 1.807) is 12.1 Å². The quantitative estimate of drug-likeness (QED) is 0.844. The highest BCUT2D eigenvalue weighted by Gasteiger charge is 2.16. The van der Waals surface area contributed by atoms with Gasteiger partial charge >= 0.3 is 0 Å². The van der Waals surface area contributed by atoms with Crippen LogP contribution in [-0.2, 0) is 0 Å². The molecule has 2 aromatic rings. The van der Waals surface area contributed by atoms with E-state index in [-0.39, 0.29) is 5.56 Å². The van der Waals surface area contributed by atoms with Gasteiger partial charge in [0.15, 0.2) is 5.82 Å². The Labute approximate surface area is 109 Å². The van der Waals surface area contributed by atoms with E-state index in [0.717, 1.165) is 23.4 Å². The molecule has 0 aliphatic rings. The largest absolute Gasteiger partial charge is 0.322 e. The smallest absolute Gasteiger partial charge is 0.258 e. The summed E-state index contributed by atoms with van der Waals surface area (Å²) >= 11 is 0. The second-order valence-corrected chi connectivity index (χ2v) is 4.16. The van der Waals surface area contributed by atoms with Gasteiger partial charge in [0.25, 0.3) is 5.91 Å². The average molecular weight is 262 g/mol. The number of nitrogens with zero attached hydrogens (tertiary/aromatic N) is 1. The lowest BCUT2D eigenvalue weighted by molar-refractivity contribution is 0.102. The molecule has 0 bridgehead atoms. The summed E-state index contributed by atoms with van der Waals surface area (Å²) in [7, 11) is 0. The van der Waals surface area contributed by atoms with E-state index < -0.39 is 17.7 Å². The van der Waals surface area contributed by atoms with E-state index in [0.29, 0.717) is 5.69 Å². The monoisotopic (exact) mass is 262 g/mol. The second-order valence-electron chi connectivity index (χ2n) is 4.16. The number of carbonyl (C=O) groups is 1. The molecule has 1 aromatic heterocycles. The van der Waals surface area contributed by atoms with Crippen LogP contribution in [0.3, 0.4) is 0 Å². The van der Waals surface area contributed by atoms with Gasteiger partial charge in [-0.15, -0.1) is 0 Å². The summed E-state index contributed by atoms with van der Waals surface area (Å²) in [6.45, 7) is 3.74. The fourth-order valence-electron chi connectivity index (χ4n) is 1.67. The normalized spacial score (nSPS) is 10.3. The molecule has 19 heavy (non-hydrogen) atoms. The molecule has 0 aliphatic heterocycles. The number of amides is 1. The molecule has 98 valence electrons. The van der Waals surface area contributed by atoms with Crippen LogP contribution in [0.2, 0.25) is 0 Å². The van der Waals surface area contributed by atoms with E-state index in [4.69, 9.17) is 0 Å². The molecule has 0 saturated heterocycles. The zero-order valence-electron chi connectivity index (χ0n) is 10.5. The Morgan fingerprint density at radius 1 is 1.21 bits per heavy atom. The summed E-state index contributed by atoms with van der Waals surface area (Å²) in [6.07, 6.45) is 1.05. The lowest BCUT2D eigenvalue weighted by Gasteiger charge is -2.10. The van der Waals surface area contributed by atoms with Gasteiger partial charge in [0.1, 0.15) is 0 Å². The van der Waals surface area contributed by atoms with Crippen molar-refractivity contribution in [3.05, 3.63) is 58.9 Å². The number of anilines is 1. The van der Waals surface area contributed by atoms with E-state index in [1.807, 2.05) is 19.9 Å². The molecule has 3 nitrogen and oxygen atoms in total. The number of benzene rings is 1. The zero-order valence-corrected chi connectivity index (χ0v) is 10.5. The van der Waals surface area contributed by atoms with Crippen LogP contribution in [0.25, 0.3) is 0 Å². The SMILES string of the molecule is Cc1cccc(NC(=O)c2ccnc(F)c2F)c1C. The zero-order chi connectivity index (χ0) is 14.0. The van der Waals surface area contributed by atoms with E-state index in [2.05, 4.69) is 10.3 Å². The minimum absolute atomic E-state index is 0.367. The summed E-state index contributed by atoms with van der Waals surface area (Å²) in [5.41, 5.74) is 2.08. The number of aromatic nitrogens is 1. The van der Waals surface area contributed by atoms with Crippen molar-refractivity contribution < 1.29 is 13.6 Å². The van der Waals surface area contributed by atoms with Crippen LogP contribution < -0.4 is 5.32 Å². The molecule has 0 saturated carbocycles. The van der Waals surface area contributed by atoms with Crippen LogP contribution in [0.5, 0.6) is 0 Å². The Hall–Kier alpha value is -2.30. The Morgan fingerprint density at radius 3 is 2.68 bits per heavy atom. The lowest BCUT2D eigenvalue weighted by Crippen LogP contribution is -2.16. The standard InChI is InChI=1S/C14H12F2N2O/c1-8-4-3-5-11(9(8)2)18-14(19)10-6-7-17-13(16)12(10)15/h3-7H,1-2H3,(H,18,19). The van der Waals surface area contributed by atoms with Crippen LogP contribution in [0.15, 0.2) is 30.5 Å². The molecule has 0 unspecified atom stereocenters. The molecule has 0 spiro atoms. The first-order valence-electron chi connectivity index (χ1n) is 5.68. The highest BCUT2D eigenvalue weighted by molar-refractivity contribution is 6.04. The molecule has 1 heterocycles. The first-order chi connectivity index (χ1) is 9.00. The number of halogens is 2. The third-order valence-corrected chi connectivity index (χ3v) is 2.94. The van der Waals surface area contributed by atoms with Gasteiger partial charge in [-0.3, -0.25) is 4.79 Å². The summed E-state index contributed by atoms with van der Waals surface area (Å²) in [4.78, 5) is 15.0. The Morgan fingerprint density at radius 2 is 1.95 bits per heavy atom. The van der Waals surface area contributed by atoms with Crippen molar-refractivity contribution in [2.24, 2.45) is 0 Å². The molecule has 5 heteroatoms. The van der Waals surface area contributed by atoms with Gasteiger partial charge in [-0.2, -0.15) is 4.39 Å². The number of pyridine rings is 1. The minimum Gasteiger partial charge on any atom is -0.322 e. The number of hydrogen-bond acceptors (Lipinski definition) is 2. The maximum absolute atomic E-state index is 13.4. The van der Waals surface area contributed by atoms with Crippen molar-refractivity contribution in [1.29, 1.82) is 0 Å². The fourth-order valence-corrected chi connectivity index (χ4v) is 1.67. The van der Waals surface area contributed by atoms with Gasteiger partial charge in [-0.05, 0) is 37.1 Å². The molecular weight excluding hydrogens is 250 g/mol. The van der Waals surface area contributed by atoms with Crippen molar-refractivity contribution in [3.63, 3.8) is 0 Å². The van der Waals surface area contributed by atoms with E-state index >= 15 is 0 Å². The molecule has 0 fully saturated rings. The number of rotatable bonds is 2. The first kappa shape index (κ1) is 13.1. The molecule has 1 aromatic carbocycles. The topological polar surface area (TPSA) is 42.0 Å². The molecule has 2 rings (SSSR count). The van der Waals surface area contributed by atoms with Crippen molar-refractivity contribution >= 4 is 11.6 Å². The van der Waals surface area contributed by atoms with Crippen LogP contribution in [-0.4, -0.2) is 10.9 Å². The molecular formula is C14H12F2N2O.